The van der Waals surface area contributed by atoms with Crippen LogP contribution in [-0.4, -0.2) is 32.2 Å². The molecule has 0 heterocycles. The summed E-state index contributed by atoms with van der Waals surface area (Å²) >= 11 is 0. The van der Waals surface area contributed by atoms with E-state index in [0.717, 1.165) is 19.6 Å². The van der Waals surface area contributed by atoms with Crippen LogP contribution in [0.5, 0.6) is 0 Å². The predicted octanol–water partition coefficient (Wildman–Crippen LogP) is 1.80. The smallest absolute Gasteiger partial charge is 0.0637 e. The zero-order valence-corrected chi connectivity index (χ0v) is 7.92. The molecule has 0 amide bonds. The second kappa shape index (κ2) is 4.99. The van der Waals surface area contributed by atoms with E-state index in [2.05, 4.69) is 30.2 Å². The fourth-order valence-corrected chi connectivity index (χ4v) is 1.28. The van der Waals surface area contributed by atoms with Gasteiger partial charge in [-0.3, -0.25) is 0 Å². The molecule has 0 saturated heterocycles. The van der Waals surface area contributed by atoms with Crippen LogP contribution in [0.4, 0.5) is 0 Å². The van der Waals surface area contributed by atoms with Gasteiger partial charge in [-0.2, -0.15) is 0 Å². The van der Waals surface area contributed by atoms with Gasteiger partial charge in [0, 0.05) is 26.4 Å². The van der Waals surface area contributed by atoms with Gasteiger partial charge in [-0.15, -0.1) is 0 Å². The highest BCUT2D eigenvalue weighted by molar-refractivity contribution is 5.16. The fraction of sp³-hybridized carbons (Fsp3) is 0.600. The summed E-state index contributed by atoms with van der Waals surface area (Å²) < 4.78 is 5.02. The number of likely N-dealkylation sites (N-methyl/N-ethyl adjacent to an activating group) is 1. The number of allylic oxidation sites excluding steroid dienone is 4. The van der Waals surface area contributed by atoms with Crippen LogP contribution in [0.25, 0.3) is 0 Å². The highest BCUT2D eigenvalue weighted by atomic mass is 16.5. The molecule has 0 aromatic heterocycles. The average molecular weight is 167 g/mol. The Morgan fingerprint density at radius 3 is 3.00 bits per heavy atom. The minimum atomic E-state index is 0.803. The molecule has 0 aliphatic heterocycles. The Hall–Kier alpha value is -0.760. The van der Waals surface area contributed by atoms with Gasteiger partial charge in [-0.25, -0.2) is 0 Å². The Balaban J connectivity index is 2.35. The Labute approximate surface area is 74.5 Å². The number of methoxy groups -OCH3 is 1. The Morgan fingerprint density at radius 1 is 1.58 bits per heavy atom. The summed E-state index contributed by atoms with van der Waals surface area (Å²) in [5, 5.41) is 0. The van der Waals surface area contributed by atoms with Crippen molar-refractivity contribution in [2.24, 2.45) is 0 Å². The second-order valence-electron chi connectivity index (χ2n) is 3.04. The molecule has 2 heteroatoms. The average Bonchev–Trinajstić information content (AvgIpc) is 2.15. The third-order valence-electron chi connectivity index (χ3n) is 2.11. The van der Waals surface area contributed by atoms with Gasteiger partial charge in [0.1, 0.15) is 0 Å². The van der Waals surface area contributed by atoms with E-state index < -0.39 is 0 Å². The summed E-state index contributed by atoms with van der Waals surface area (Å²) in [6, 6.07) is 0. The molecule has 0 fully saturated rings. The van der Waals surface area contributed by atoms with Crippen molar-refractivity contribution in [1.82, 2.24) is 4.90 Å². The zero-order chi connectivity index (χ0) is 8.81. The number of rotatable bonds is 4. The minimum absolute atomic E-state index is 0.803. The molecule has 1 aliphatic rings. The summed E-state index contributed by atoms with van der Waals surface area (Å²) in [5.41, 5.74) is 1.41. The molecule has 0 aromatic carbocycles. The molecule has 0 bridgehead atoms. The number of nitrogens with zero attached hydrogens (tertiary/aromatic N) is 1. The first kappa shape index (κ1) is 9.33. The highest BCUT2D eigenvalue weighted by Crippen LogP contribution is 2.14. The van der Waals surface area contributed by atoms with E-state index in [1.54, 1.807) is 7.11 Å². The maximum atomic E-state index is 5.02. The van der Waals surface area contributed by atoms with E-state index in [4.69, 9.17) is 4.74 Å². The molecule has 0 N–H and O–H groups in total. The monoisotopic (exact) mass is 167 g/mol. The topological polar surface area (TPSA) is 12.5 Å². The molecule has 1 aliphatic carbocycles. The summed E-state index contributed by atoms with van der Waals surface area (Å²) in [7, 11) is 3.85. The van der Waals surface area contributed by atoms with E-state index >= 15 is 0 Å². The molecule has 0 unspecified atom stereocenters. The molecular formula is C10H17NO. The summed E-state index contributed by atoms with van der Waals surface area (Å²) in [6.07, 6.45) is 8.84. The van der Waals surface area contributed by atoms with Gasteiger partial charge in [-0.1, -0.05) is 12.2 Å². The number of ether oxygens (including phenoxy) is 1. The number of hydrogen-bond donors (Lipinski definition) is 0. The molecule has 0 radical (unpaired) electrons. The Morgan fingerprint density at radius 2 is 2.42 bits per heavy atom. The van der Waals surface area contributed by atoms with Crippen molar-refractivity contribution < 1.29 is 4.74 Å². The van der Waals surface area contributed by atoms with Gasteiger partial charge in [-0.05, 0) is 18.9 Å². The van der Waals surface area contributed by atoms with Crippen molar-refractivity contribution in [2.75, 3.05) is 27.3 Å². The first-order valence-electron chi connectivity index (χ1n) is 4.40. The summed E-state index contributed by atoms with van der Waals surface area (Å²) in [5.74, 6) is 0. The quantitative estimate of drug-likeness (QED) is 0.633. The summed E-state index contributed by atoms with van der Waals surface area (Å²) in [6.45, 7) is 1.79. The third-order valence-corrected chi connectivity index (χ3v) is 2.11. The van der Waals surface area contributed by atoms with Crippen LogP contribution in [0.2, 0.25) is 0 Å². The van der Waals surface area contributed by atoms with Gasteiger partial charge in [0.25, 0.3) is 0 Å². The first-order valence-corrected chi connectivity index (χ1v) is 4.40. The molecule has 12 heavy (non-hydrogen) atoms. The molecule has 2 nitrogen and oxygen atoms in total. The first-order chi connectivity index (χ1) is 5.84. The van der Waals surface area contributed by atoms with Crippen LogP contribution in [-0.2, 0) is 4.74 Å². The largest absolute Gasteiger partial charge is 0.383 e. The van der Waals surface area contributed by atoms with Crippen LogP contribution in [0.3, 0.4) is 0 Å². The van der Waals surface area contributed by atoms with E-state index in [9.17, 15) is 0 Å². The van der Waals surface area contributed by atoms with Crippen LogP contribution in [0.15, 0.2) is 23.9 Å². The van der Waals surface area contributed by atoms with Crippen molar-refractivity contribution in [3.63, 3.8) is 0 Å². The Kier molecular flexibility index (Phi) is 3.88. The second-order valence-corrected chi connectivity index (χ2v) is 3.04. The molecule has 0 aromatic rings. The lowest BCUT2D eigenvalue weighted by molar-refractivity contribution is 0.172. The molecule has 0 saturated carbocycles. The van der Waals surface area contributed by atoms with Gasteiger partial charge in [0.2, 0.25) is 0 Å². The van der Waals surface area contributed by atoms with Crippen LogP contribution in [0.1, 0.15) is 12.8 Å². The Bertz CT molecular complexity index is 184. The van der Waals surface area contributed by atoms with Gasteiger partial charge < -0.3 is 9.64 Å². The third kappa shape index (κ3) is 2.70. The molecule has 1 rings (SSSR count). The van der Waals surface area contributed by atoms with Gasteiger partial charge in [0.15, 0.2) is 0 Å². The van der Waals surface area contributed by atoms with Crippen molar-refractivity contribution >= 4 is 0 Å². The SMILES string of the molecule is COCCN(C)C1=CC=CCC1. The normalized spacial score (nSPS) is 16.0. The van der Waals surface area contributed by atoms with Crippen LogP contribution >= 0.6 is 0 Å². The molecule has 0 spiro atoms. The lowest BCUT2D eigenvalue weighted by Crippen LogP contribution is -2.22. The minimum Gasteiger partial charge on any atom is -0.383 e. The summed E-state index contributed by atoms with van der Waals surface area (Å²) in [4.78, 5) is 2.26. The molecule has 0 atom stereocenters. The molecular weight excluding hydrogens is 150 g/mol. The van der Waals surface area contributed by atoms with Gasteiger partial charge in [0.05, 0.1) is 6.61 Å². The lowest BCUT2D eigenvalue weighted by Gasteiger charge is -2.23. The lowest BCUT2D eigenvalue weighted by atomic mass is 10.1. The highest BCUT2D eigenvalue weighted by Gasteiger charge is 2.04. The van der Waals surface area contributed by atoms with Crippen LogP contribution in [0, 0.1) is 0 Å². The number of hydrogen-bond acceptors (Lipinski definition) is 2. The van der Waals surface area contributed by atoms with Crippen molar-refractivity contribution in [3.8, 4) is 0 Å². The maximum Gasteiger partial charge on any atom is 0.0637 e. The van der Waals surface area contributed by atoms with Crippen molar-refractivity contribution in [3.05, 3.63) is 23.9 Å². The van der Waals surface area contributed by atoms with E-state index in [0.29, 0.717) is 0 Å². The zero-order valence-electron chi connectivity index (χ0n) is 7.92. The van der Waals surface area contributed by atoms with E-state index in [-0.39, 0.29) is 0 Å². The fourth-order valence-electron chi connectivity index (χ4n) is 1.28. The molecule has 68 valence electrons. The van der Waals surface area contributed by atoms with Crippen molar-refractivity contribution in [2.45, 2.75) is 12.8 Å². The standard InChI is InChI=1S/C10H17NO/c1-11(8-9-12-2)10-6-4-3-5-7-10/h3-4,6H,5,7-9H2,1-2H3. The predicted molar refractivity (Wildman–Crippen MR) is 51.0 cm³/mol. The van der Waals surface area contributed by atoms with E-state index in [1.807, 2.05) is 0 Å². The van der Waals surface area contributed by atoms with Crippen LogP contribution < -0.4 is 0 Å². The van der Waals surface area contributed by atoms with Crippen molar-refractivity contribution in [1.29, 1.82) is 0 Å². The van der Waals surface area contributed by atoms with Gasteiger partial charge >= 0.3 is 0 Å². The van der Waals surface area contributed by atoms with E-state index in [1.165, 1.54) is 12.1 Å². The maximum absolute atomic E-state index is 5.02.